The Bertz CT molecular complexity index is 843. The number of esters is 1. The van der Waals surface area contributed by atoms with Crippen LogP contribution in [0.3, 0.4) is 0 Å². The lowest BCUT2D eigenvalue weighted by molar-refractivity contribution is -0.152. The average Bonchev–Trinajstić information content (AvgIpc) is 2.74. The summed E-state index contributed by atoms with van der Waals surface area (Å²) in [5.74, 6) is -1.67. The summed E-state index contributed by atoms with van der Waals surface area (Å²) in [5.41, 5.74) is 0. The molecule has 2 heterocycles. The molecular formula is C20H27FN2O5S. The van der Waals surface area contributed by atoms with Gasteiger partial charge in [-0.05, 0) is 56.9 Å². The van der Waals surface area contributed by atoms with Gasteiger partial charge in [0.2, 0.25) is 15.9 Å². The number of piperidine rings is 2. The first-order chi connectivity index (χ1) is 13.8. The van der Waals surface area contributed by atoms with E-state index >= 15 is 0 Å². The molecule has 2 atom stereocenters. The quantitative estimate of drug-likeness (QED) is 0.673. The zero-order valence-corrected chi connectivity index (χ0v) is 17.4. The van der Waals surface area contributed by atoms with Crippen molar-refractivity contribution in [2.75, 3.05) is 32.8 Å². The third kappa shape index (κ3) is 4.95. The van der Waals surface area contributed by atoms with Crippen LogP contribution in [-0.2, 0) is 24.3 Å². The molecule has 2 fully saturated rings. The van der Waals surface area contributed by atoms with Gasteiger partial charge < -0.3 is 9.64 Å². The molecule has 1 aromatic carbocycles. The lowest BCUT2D eigenvalue weighted by atomic mass is 9.94. The van der Waals surface area contributed by atoms with Crippen LogP contribution in [0.4, 0.5) is 4.39 Å². The SMILES string of the molecule is CCOC(=O)[C@H]1CCCN(C(=O)[C@@H]2CCCN(S(=O)(=O)c3ccc(F)cc3)C2)C1. The lowest BCUT2D eigenvalue weighted by Gasteiger charge is -2.37. The number of ether oxygens (including phenoxy) is 1. The fraction of sp³-hybridized carbons (Fsp3) is 0.600. The predicted molar refractivity (Wildman–Crippen MR) is 104 cm³/mol. The zero-order valence-electron chi connectivity index (χ0n) is 16.5. The van der Waals surface area contributed by atoms with Crippen molar-refractivity contribution in [3.05, 3.63) is 30.1 Å². The summed E-state index contributed by atoms with van der Waals surface area (Å²) in [6, 6.07) is 4.71. The summed E-state index contributed by atoms with van der Waals surface area (Å²) in [6.45, 7) is 3.37. The molecule has 0 spiro atoms. The third-order valence-corrected chi connectivity index (χ3v) is 7.42. The van der Waals surface area contributed by atoms with Crippen molar-refractivity contribution in [1.82, 2.24) is 9.21 Å². The van der Waals surface area contributed by atoms with E-state index in [9.17, 15) is 22.4 Å². The lowest BCUT2D eigenvalue weighted by Crippen LogP contribution is -2.50. The van der Waals surface area contributed by atoms with Gasteiger partial charge in [0.25, 0.3) is 0 Å². The molecule has 9 heteroatoms. The van der Waals surface area contributed by atoms with E-state index in [1.807, 2.05) is 0 Å². The van der Waals surface area contributed by atoms with Gasteiger partial charge >= 0.3 is 5.97 Å². The predicted octanol–water partition coefficient (Wildman–Crippen LogP) is 2.03. The number of benzene rings is 1. The van der Waals surface area contributed by atoms with Gasteiger partial charge in [0, 0.05) is 26.2 Å². The number of rotatable bonds is 5. The number of hydrogen-bond donors (Lipinski definition) is 0. The van der Waals surface area contributed by atoms with Crippen LogP contribution >= 0.6 is 0 Å². The van der Waals surface area contributed by atoms with E-state index < -0.39 is 21.8 Å². The molecule has 2 aliphatic heterocycles. The highest BCUT2D eigenvalue weighted by atomic mass is 32.2. The molecule has 1 amide bonds. The van der Waals surface area contributed by atoms with Crippen molar-refractivity contribution in [2.45, 2.75) is 37.5 Å². The first-order valence-corrected chi connectivity index (χ1v) is 11.5. The topological polar surface area (TPSA) is 84.0 Å². The molecule has 0 aromatic heterocycles. The van der Waals surface area contributed by atoms with Gasteiger partial charge in [-0.2, -0.15) is 4.31 Å². The Hall–Kier alpha value is -2.00. The summed E-state index contributed by atoms with van der Waals surface area (Å²) in [5, 5.41) is 0. The largest absolute Gasteiger partial charge is 0.466 e. The number of carbonyl (C=O) groups excluding carboxylic acids is 2. The first-order valence-electron chi connectivity index (χ1n) is 10.0. The van der Waals surface area contributed by atoms with Crippen molar-refractivity contribution in [3.63, 3.8) is 0 Å². The number of carbonyl (C=O) groups is 2. The number of likely N-dealkylation sites (tertiary alicyclic amines) is 1. The van der Waals surface area contributed by atoms with E-state index in [2.05, 4.69) is 0 Å². The number of sulfonamides is 1. The third-order valence-electron chi connectivity index (χ3n) is 5.54. The second kappa shape index (κ2) is 9.21. The normalized spacial score (nSPS) is 23.6. The van der Waals surface area contributed by atoms with Crippen molar-refractivity contribution in [1.29, 1.82) is 0 Å². The maximum absolute atomic E-state index is 13.1. The van der Waals surface area contributed by atoms with Gasteiger partial charge in [0.05, 0.1) is 23.3 Å². The minimum Gasteiger partial charge on any atom is -0.466 e. The Morgan fingerprint density at radius 3 is 2.41 bits per heavy atom. The van der Waals surface area contributed by atoms with Crippen molar-refractivity contribution < 1.29 is 27.1 Å². The molecular weight excluding hydrogens is 399 g/mol. The molecule has 0 saturated carbocycles. The molecule has 7 nitrogen and oxygen atoms in total. The van der Waals surface area contributed by atoms with Crippen molar-refractivity contribution in [2.24, 2.45) is 11.8 Å². The minimum absolute atomic E-state index is 0.0207. The summed E-state index contributed by atoms with van der Waals surface area (Å²) < 4.78 is 45.3. The molecule has 29 heavy (non-hydrogen) atoms. The van der Waals surface area contributed by atoms with Gasteiger partial charge in [-0.3, -0.25) is 9.59 Å². The van der Waals surface area contributed by atoms with Crippen LogP contribution in [0.1, 0.15) is 32.6 Å². The molecule has 3 rings (SSSR count). The Labute approximate surface area is 170 Å². The van der Waals surface area contributed by atoms with E-state index in [0.29, 0.717) is 45.5 Å². The van der Waals surface area contributed by atoms with Gasteiger partial charge in [-0.1, -0.05) is 0 Å². The first kappa shape index (κ1) is 21.7. The standard InChI is InChI=1S/C20H27FN2O5S/c1-2-28-20(25)16-6-3-11-22(13-16)19(24)15-5-4-12-23(14-15)29(26,27)18-9-7-17(21)8-10-18/h7-10,15-16H,2-6,11-14H2,1H3/t15-,16+/m1/s1. The van der Waals surface area contributed by atoms with Gasteiger partial charge in [-0.15, -0.1) is 0 Å². The highest BCUT2D eigenvalue weighted by Gasteiger charge is 2.37. The number of nitrogens with zero attached hydrogens (tertiary/aromatic N) is 2. The Balaban J connectivity index is 1.67. The van der Waals surface area contributed by atoms with Crippen LogP contribution in [0.15, 0.2) is 29.2 Å². The van der Waals surface area contributed by atoms with E-state index in [0.717, 1.165) is 18.6 Å². The Kier molecular flexibility index (Phi) is 6.89. The van der Waals surface area contributed by atoms with Gasteiger partial charge in [-0.25, -0.2) is 12.8 Å². The molecule has 1 aromatic rings. The Morgan fingerprint density at radius 2 is 1.72 bits per heavy atom. The summed E-state index contributed by atoms with van der Waals surface area (Å²) in [4.78, 5) is 26.8. The van der Waals surface area contributed by atoms with E-state index in [4.69, 9.17) is 4.74 Å². The highest BCUT2D eigenvalue weighted by molar-refractivity contribution is 7.89. The summed E-state index contributed by atoms with van der Waals surface area (Å²) >= 11 is 0. The van der Waals surface area contributed by atoms with E-state index in [1.165, 1.54) is 16.4 Å². The maximum Gasteiger partial charge on any atom is 0.310 e. The molecule has 0 unspecified atom stereocenters. The second-order valence-electron chi connectivity index (χ2n) is 7.53. The van der Waals surface area contributed by atoms with E-state index in [1.54, 1.807) is 11.8 Å². The number of amides is 1. The van der Waals surface area contributed by atoms with E-state index in [-0.39, 0.29) is 29.2 Å². The average molecular weight is 427 g/mol. The molecule has 2 saturated heterocycles. The maximum atomic E-state index is 13.1. The highest BCUT2D eigenvalue weighted by Crippen LogP contribution is 2.27. The van der Waals surface area contributed by atoms with Crippen LogP contribution in [0.2, 0.25) is 0 Å². The van der Waals surface area contributed by atoms with Crippen molar-refractivity contribution >= 4 is 21.9 Å². The summed E-state index contributed by atoms with van der Waals surface area (Å²) in [6.07, 6.45) is 2.60. The summed E-state index contributed by atoms with van der Waals surface area (Å²) in [7, 11) is -3.79. The van der Waals surface area contributed by atoms with Gasteiger partial charge in [0.15, 0.2) is 0 Å². The zero-order chi connectivity index (χ0) is 21.0. The smallest absolute Gasteiger partial charge is 0.310 e. The van der Waals surface area contributed by atoms with Crippen LogP contribution in [0.5, 0.6) is 0 Å². The number of halogens is 1. The van der Waals surface area contributed by atoms with Gasteiger partial charge in [0.1, 0.15) is 5.82 Å². The van der Waals surface area contributed by atoms with Crippen LogP contribution in [0.25, 0.3) is 0 Å². The van der Waals surface area contributed by atoms with Crippen molar-refractivity contribution in [3.8, 4) is 0 Å². The monoisotopic (exact) mass is 426 g/mol. The Morgan fingerprint density at radius 1 is 1.07 bits per heavy atom. The molecule has 2 aliphatic rings. The molecule has 160 valence electrons. The molecule has 0 radical (unpaired) electrons. The fourth-order valence-electron chi connectivity index (χ4n) is 4.01. The van der Waals surface area contributed by atoms with Crippen LogP contribution in [-0.4, -0.2) is 62.3 Å². The fourth-order valence-corrected chi connectivity index (χ4v) is 5.53. The van der Waals surface area contributed by atoms with Crippen LogP contribution < -0.4 is 0 Å². The van der Waals surface area contributed by atoms with Crippen LogP contribution in [0, 0.1) is 17.7 Å². The molecule has 0 bridgehead atoms. The number of hydrogen-bond acceptors (Lipinski definition) is 5. The second-order valence-corrected chi connectivity index (χ2v) is 9.47. The minimum atomic E-state index is -3.79. The molecule has 0 N–H and O–H groups in total. The molecule has 0 aliphatic carbocycles.